The fraction of sp³-hybridized carbons (Fsp3) is 0.344. The predicted octanol–water partition coefficient (Wildman–Crippen LogP) is 7.41. The van der Waals surface area contributed by atoms with E-state index in [1.54, 1.807) is 49.1 Å². The molecule has 0 radical (unpaired) electrons. The molecule has 2 aromatic heterocycles. The SMILES string of the molecule is COCC1(CNCc2cc(C(F)(F)F)c3oc(-c4cccc(-c5ccc(F)cc5-c5nncn5C)c4)nc3c2)CCCC1. The number of alkyl halides is 3. The van der Waals surface area contributed by atoms with Gasteiger partial charge in [0.05, 0.1) is 6.61 Å². The Bertz CT molecular complexity index is 1750. The summed E-state index contributed by atoms with van der Waals surface area (Å²) in [7, 11) is 3.44. The molecule has 224 valence electrons. The molecule has 5 aromatic rings. The van der Waals surface area contributed by atoms with Gasteiger partial charge < -0.3 is 19.0 Å². The lowest BCUT2D eigenvalue weighted by Gasteiger charge is -2.28. The lowest BCUT2D eigenvalue weighted by atomic mass is 9.87. The minimum absolute atomic E-state index is 0.00890. The van der Waals surface area contributed by atoms with E-state index in [-0.39, 0.29) is 29.0 Å². The first-order valence-corrected chi connectivity index (χ1v) is 14.1. The van der Waals surface area contributed by atoms with E-state index in [1.165, 1.54) is 18.5 Å². The van der Waals surface area contributed by atoms with Crippen LogP contribution in [0, 0.1) is 11.2 Å². The Morgan fingerprint density at radius 1 is 1.02 bits per heavy atom. The molecule has 1 fully saturated rings. The predicted molar refractivity (Wildman–Crippen MR) is 154 cm³/mol. The van der Waals surface area contributed by atoms with Crippen molar-refractivity contribution in [3.63, 3.8) is 0 Å². The smallest absolute Gasteiger partial charge is 0.420 e. The Hall–Kier alpha value is -4.09. The molecule has 0 amide bonds. The van der Waals surface area contributed by atoms with E-state index in [0.717, 1.165) is 31.7 Å². The maximum atomic E-state index is 14.2. The highest BCUT2D eigenvalue weighted by molar-refractivity contribution is 5.84. The number of aromatic nitrogens is 4. The minimum atomic E-state index is -4.63. The van der Waals surface area contributed by atoms with E-state index in [2.05, 4.69) is 20.5 Å². The van der Waals surface area contributed by atoms with Crippen molar-refractivity contribution >= 4 is 11.1 Å². The van der Waals surface area contributed by atoms with Crippen LogP contribution in [-0.4, -0.2) is 40.0 Å². The summed E-state index contributed by atoms with van der Waals surface area (Å²) in [5.41, 5.74) is 1.80. The number of ether oxygens (including phenoxy) is 1. The molecule has 1 aliphatic rings. The van der Waals surface area contributed by atoms with Crippen molar-refractivity contribution < 1.29 is 26.7 Å². The second-order valence-corrected chi connectivity index (χ2v) is 11.3. The van der Waals surface area contributed by atoms with E-state index < -0.39 is 17.6 Å². The van der Waals surface area contributed by atoms with Gasteiger partial charge in [0, 0.05) is 43.8 Å². The number of hydrogen-bond donors (Lipinski definition) is 1. The van der Waals surface area contributed by atoms with Crippen LogP contribution in [0.15, 0.2) is 65.3 Å². The second-order valence-electron chi connectivity index (χ2n) is 11.3. The van der Waals surface area contributed by atoms with Crippen molar-refractivity contribution in [2.24, 2.45) is 12.5 Å². The van der Waals surface area contributed by atoms with Gasteiger partial charge in [0.2, 0.25) is 5.89 Å². The largest absolute Gasteiger partial charge is 0.435 e. The fourth-order valence-electron chi connectivity index (χ4n) is 6.10. The third kappa shape index (κ3) is 5.92. The number of nitrogens with one attached hydrogen (secondary N) is 1. The number of oxazole rings is 1. The van der Waals surface area contributed by atoms with Crippen molar-refractivity contribution in [1.82, 2.24) is 25.1 Å². The number of methoxy groups -OCH3 is 1. The van der Waals surface area contributed by atoms with E-state index in [4.69, 9.17) is 9.15 Å². The van der Waals surface area contributed by atoms with Gasteiger partial charge in [0.1, 0.15) is 23.2 Å². The lowest BCUT2D eigenvalue weighted by molar-refractivity contribution is -0.136. The molecule has 11 heteroatoms. The number of rotatable bonds is 9. The topological polar surface area (TPSA) is 78.0 Å². The second kappa shape index (κ2) is 11.5. The highest BCUT2D eigenvalue weighted by Crippen LogP contribution is 2.40. The Morgan fingerprint density at radius 2 is 1.81 bits per heavy atom. The average Bonchev–Trinajstić information content (AvgIpc) is 3.72. The van der Waals surface area contributed by atoms with Crippen LogP contribution in [0.1, 0.15) is 36.8 Å². The molecule has 1 saturated carbocycles. The van der Waals surface area contributed by atoms with Crippen molar-refractivity contribution in [2.45, 2.75) is 38.4 Å². The summed E-state index contributed by atoms with van der Waals surface area (Å²) in [6.07, 6.45) is 1.21. The summed E-state index contributed by atoms with van der Waals surface area (Å²) >= 11 is 0. The number of fused-ring (bicyclic) bond motifs is 1. The molecule has 0 aliphatic heterocycles. The molecule has 0 bridgehead atoms. The Balaban J connectivity index is 1.34. The molecule has 0 saturated heterocycles. The number of benzene rings is 3. The third-order valence-electron chi connectivity index (χ3n) is 8.15. The minimum Gasteiger partial charge on any atom is -0.435 e. The van der Waals surface area contributed by atoms with E-state index >= 15 is 0 Å². The summed E-state index contributed by atoms with van der Waals surface area (Å²) in [4.78, 5) is 4.48. The molecular weight excluding hydrogens is 562 g/mol. The zero-order valence-electron chi connectivity index (χ0n) is 23.8. The molecule has 6 rings (SSSR count). The lowest BCUT2D eigenvalue weighted by Crippen LogP contribution is -2.35. The maximum absolute atomic E-state index is 14.2. The van der Waals surface area contributed by atoms with Crippen LogP contribution >= 0.6 is 0 Å². The van der Waals surface area contributed by atoms with Crippen molar-refractivity contribution in [2.75, 3.05) is 20.3 Å². The van der Waals surface area contributed by atoms with Crippen molar-refractivity contribution in [3.05, 3.63) is 77.9 Å². The zero-order chi connectivity index (χ0) is 30.2. The van der Waals surface area contributed by atoms with Gasteiger partial charge in [-0.3, -0.25) is 0 Å². The first-order valence-electron chi connectivity index (χ1n) is 14.1. The van der Waals surface area contributed by atoms with Crippen LogP contribution < -0.4 is 5.32 Å². The summed E-state index contributed by atoms with van der Waals surface area (Å²) in [5, 5.41) is 11.4. The number of halogens is 4. The summed E-state index contributed by atoms with van der Waals surface area (Å²) < 4.78 is 69.7. The molecule has 7 nitrogen and oxygen atoms in total. The van der Waals surface area contributed by atoms with Gasteiger partial charge in [-0.25, -0.2) is 9.37 Å². The molecule has 0 unspecified atom stereocenters. The van der Waals surface area contributed by atoms with E-state index in [0.29, 0.717) is 46.8 Å². The monoisotopic (exact) mass is 593 g/mol. The van der Waals surface area contributed by atoms with Gasteiger partial charge in [-0.15, -0.1) is 10.2 Å². The summed E-state index contributed by atoms with van der Waals surface area (Å²) in [6, 6.07) is 14.2. The van der Waals surface area contributed by atoms with Crippen molar-refractivity contribution in [3.8, 4) is 34.0 Å². The Morgan fingerprint density at radius 3 is 2.53 bits per heavy atom. The highest BCUT2D eigenvalue weighted by Gasteiger charge is 2.36. The average molecular weight is 594 g/mol. The van der Waals surface area contributed by atoms with Gasteiger partial charge in [-0.05, 0) is 65.9 Å². The number of hydrogen-bond acceptors (Lipinski definition) is 6. The standard InChI is InChI=1S/C32H31F4N5O2/c1-41-19-38-40-29(41)25-15-23(33)8-9-24(25)21-6-5-7-22(14-21)30-39-27-13-20(12-26(28(27)43-30)32(34,35)36)16-37-17-31(18-42-2)10-3-4-11-31/h5-9,12-15,19,37H,3-4,10-11,16-18H2,1-2H3. The van der Waals surface area contributed by atoms with Crippen LogP contribution in [0.3, 0.4) is 0 Å². The summed E-state index contributed by atoms with van der Waals surface area (Å²) in [6.45, 7) is 1.55. The van der Waals surface area contributed by atoms with Crippen LogP contribution in [0.5, 0.6) is 0 Å². The molecule has 0 atom stereocenters. The Labute approximate surface area is 245 Å². The molecule has 0 spiro atoms. The normalized spacial score (nSPS) is 15.0. The van der Waals surface area contributed by atoms with Gasteiger partial charge in [-0.2, -0.15) is 13.2 Å². The van der Waals surface area contributed by atoms with Crippen LogP contribution in [0.4, 0.5) is 17.6 Å². The zero-order valence-corrected chi connectivity index (χ0v) is 23.8. The van der Waals surface area contributed by atoms with Gasteiger partial charge in [0.25, 0.3) is 0 Å². The van der Waals surface area contributed by atoms with Gasteiger partial charge in [-0.1, -0.05) is 31.0 Å². The highest BCUT2D eigenvalue weighted by atomic mass is 19.4. The third-order valence-corrected chi connectivity index (χ3v) is 8.15. The number of nitrogens with zero attached hydrogens (tertiary/aromatic N) is 4. The van der Waals surface area contributed by atoms with Crippen LogP contribution in [0.25, 0.3) is 45.1 Å². The molecule has 43 heavy (non-hydrogen) atoms. The van der Waals surface area contributed by atoms with Gasteiger partial charge in [0.15, 0.2) is 11.4 Å². The fourth-order valence-corrected chi connectivity index (χ4v) is 6.10. The Kier molecular flexibility index (Phi) is 7.78. The van der Waals surface area contributed by atoms with Crippen LogP contribution in [-0.2, 0) is 24.5 Å². The molecule has 1 aliphatic carbocycles. The summed E-state index contributed by atoms with van der Waals surface area (Å²) in [5.74, 6) is 0.0949. The van der Waals surface area contributed by atoms with E-state index in [1.807, 2.05) is 6.07 Å². The molecule has 2 heterocycles. The molecule has 1 N–H and O–H groups in total. The van der Waals surface area contributed by atoms with Crippen LogP contribution in [0.2, 0.25) is 0 Å². The maximum Gasteiger partial charge on any atom is 0.420 e. The first kappa shape index (κ1) is 29.0. The molecular formula is C32H31F4N5O2. The molecule has 3 aromatic carbocycles. The number of aryl methyl sites for hydroxylation is 1. The van der Waals surface area contributed by atoms with E-state index in [9.17, 15) is 17.6 Å². The van der Waals surface area contributed by atoms with Crippen molar-refractivity contribution in [1.29, 1.82) is 0 Å². The first-order chi connectivity index (χ1) is 20.7. The van der Waals surface area contributed by atoms with Gasteiger partial charge >= 0.3 is 6.18 Å². The quantitative estimate of drug-likeness (QED) is 0.179.